The van der Waals surface area contributed by atoms with Gasteiger partial charge >= 0.3 is 0 Å². The van der Waals surface area contributed by atoms with Crippen LogP contribution in [0.2, 0.25) is 0 Å². The van der Waals surface area contributed by atoms with Crippen molar-refractivity contribution in [1.29, 1.82) is 0 Å². The van der Waals surface area contributed by atoms with Crippen LogP contribution < -0.4 is 0 Å². The first-order valence-corrected chi connectivity index (χ1v) is 7.43. The summed E-state index contributed by atoms with van der Waals surface area (Å²) in [5.41, 5.74) is 2.37. The summed E-state index contributed by atoms with van der Waals surface area (Å²) in [6.45, 7) is 4.13. The van der Waals surface area contributed by atoms with Gasteiger partial charge in [-0.3, -0.25) is 4.55 Å². The molecule has 1 N–H and O–H groups in total. The number of aryl methyl sites for hydroxylation is 2. The van der Waals surface area contributed by atoms with Crippen LogP contribution >= 0.6 is 0 Å². The van der Waals surface area contributed by atoms with Crippen LogP contribution in [0.1, 0.15) is 25.0 Å². The van der Waals surface area contributed by atoms with E-state index in [2.05, 4.69) is 13.0 Å². The quantitative estimate of drug-likeness (QED) is 0.866. The van der Waals surface area contributed by atoms with Gasteiger partial charge in [0.05, 0.1) is 4.90 Å². The van der Waals surface area contributed by atoms with Crippen molar-refractivity contribution in [3.8, 4) is 0 Å². The molecule has 0 heterocycles. The number of rotatable bonds is 3. The second-order valence-electron chi connectivity index (χ2n) is 4.27. The predicted octanol–water partition coefficient (Wildman–Crippen LogP) is 3.21. The molecule has 0 amide bonds. The van der Waals surface area contributed by atoms with E-state index in [0.29, 0.717) is 0 Å². The van der Waals surface area contributed by atoms with Crippen LogP contribution in [0.25, 0.3) is 10.8 Å². The Morgan fingerprint density at radius 2 is 1.72 bits per heavy atom. The normalized spacial score (nSPS) is 11.9. The maximum Gasteiger partial charge on any atom is 0.294 e. The molecular weight excluding hydrogens is 248 g/mol. The molecule has 0 spiro atoms. The Morgan fingerprint density at radius 1 is 1.06 bits per heavy atom. The highest BCUT2D eigenvalue weighted by Gasteiger charge is 2.12. The van der Waals surface area contributed by atoms with E-state index in [1.807, 2.05) is 13.0 Å². The minimum absolute atomic E-state index is 0.0436. The predicted molar refractivity (Wildman–Crippen MR) is 72.5 cm³/mol. The van der Waals surface area contributed by atoms with E-state index >= 15 is 0 Å². The molecule has 3 nitrogen and oxygen atoms in total. The third kappa shape index (κ3) is 2.26. The zero-order valence-electron chi connectivity index (χ0n) is 10.5. The zero-order chi connectivity index (χ0) is 13.3. The molecule has 0 atom stereocenters. The Bertz CT molecular complexity index is 687. The van der Waals surface area contributed by atoms with Gasteiger partial charge in [-0.2, -0.15) is 8.42 Å². The fraction of sp³-hybridized carbons (Fsp3) is 0.286. The molecule has 2 aromatic rings. The Kier molecular flexibility index (Phi) is 3.41. The monoisotopic (exact) mass is 264 g/mol. The van der Waals surface area contributed by atoms with Gasteiger partial charge in [0.15, 0.2) is 0 Å². The highest BCUT2D eigenvalue weighted by atomic mass is 32.2. The first-order chi connectivity index (χ1) is 8.47. The minimum Gasteiger partial charge on any atom is -0.282 e. The summed E-state index contributed by atoms with van der Waals surface area (Å²) in [4.78, 5) is -0.0436. The van der Waals surface area contributed by atoms with E-state index < -0.39 is 10.1 Å². The smallest absolute Gasteiger partial charge is 0.282 e. The largest absolute Gasteiger partial charge is 0.294 e. The molecule has 2 aromatic carbocycles. The van der Waals surface area contributed by atoms with Gasteiger partial charge in [-0.15, -0.1) is 0 Å². The molecule has 0 saturated carbocycles. The summed E-state index contributed by atoms with van der Waals surface area (Å²) < 4.78 is 31.5. The molecule has 0 aliphatic carbocycles. The summed E-state index contributed by atoms with van der Waals surface area (Å²) >= 11 is 0. The number of hydrogen-bond acceptors (Lipinski definition) is 2. The van der Waals surface area contributed by atoms with Crippen LogP contribution in [-0.2, 0) is 23.0 Å². The summed E-state index contributed by atoms with van der Waals surface area (Å²) in [6.07, 6.45) is 1.75. The number of hydrogen-bond donors (Lipinski definition) is 1. The Labute approximate surface area is 107 Å². The third-order valence-corrected chi connectivity index (χ3v) is 4.08. The molecule has 0 radical (unpaired) electrons. The van der Waals surface area contributed by atoms with Crippen molar-refractivity contribution in [2.75, 3.05) is 0 Å². The van der Waals surface area contributed by atoms with Gasteiger partial charge in [-0.05, 0) is 46.9 Å². The van der Waals surface area contributed by atoms with Crippen LogP contribution in [0.3, 0.4) is 0 Å². The number of fused-ring (bicyclic) bond motifs is 1. The van der Waals surface area contributed by atoms with Gasteiger partial charge in [0.1, 0.15) is 0 Å². The maximum atomic E-state index is 11.2. The molecule has 18 heavy (non-hydrogen) atoms. The summed E-state index contributed by atoms with van der Waals surface area (Å²) in [5, 5.41) is 1.91. The summed E-state index contributed by atoms with van der Waals surface area (Å²) in [7, 11) is -4.14. The fourth-order valence-corrected chi connectivity index (χ4v) is 2.82. The molecule has 96 valence electrons. The first kappa shape index (κ1) is 13.1. The SMILES string of the molecule is CCc1ccc2ccc(S(=O)(=O)O)cc2c1CC. The van der Waals surface area contributed by atoms with Gasteiger partial charge in [0.25, 0.3) is 10.1 Å². The molecule has 0 bridgehead atoms. The third-order valence-electron chi connectivity index (χ3n) is 3.23. The van der Waals surface area contributed by atoms with Gasteiger partial charge in [-0.1, -0.05) is 32.0 Å². The Morgan fingerprint density at radius 3 is 2.28 bits per heavy atom. The summed E-state index contributed by atoms with van der Waals surface area (Å²) in [6, 6.07) is 8.79. The van der Waals surface area contributed by atoms with Crippen LogP contribution in [0.15, 0.2) is 35.2 Å². The lowest BCUT2D eigenvalue weighted by molar-refractivity contribution is 0.483. The van der Waals surface area contributed by atoms with Crippen molar-refractivity contribution >= 4 is 20.9 Å². The second kappa shape index (κ2) is 4.71. The molecule has 0 unspecified atom stereocenters. The molecular formula is C14H16O3S. The molecule has 0 saturated heterocycles. The molecule has 4 heteroatoms. The maximum absolute atomic E-state index is 11.2. The molecule has 2 rings (SSSR count). The second-order valence-corrected chi connectivity index (χ2v) is 5.69. The topological polar surface area (TPSA) is 54.4 Å². The van der Waals surface area contributed by atoms with Gasteiger partial charge in [0.2, 0.25) is 0 Å². The standard InChI is InChI=1S/C14H16O3S/c1-3-10-5-6-11-7-8-12(18(15,16)17)9-14(11)13(10)4-2/h5-9H,3-4H2,1-2H3,(H,15,16,17). The van der Waals surface area contributed by atoms with E-state index in [-0.39, 0.29) is 4.90 Å². The van der Waals surface area contributed by atoms with Crippen LogP contribution in [0.4, 0.5) is 0 Å². The van der Waals surface area contributed by atoms with Crippen molar-refractivity contribution in [2.45, 2.75) is 31.6 Å². The Hall–Kier alpha value is -1.39. The molecule has 0 aromatic heterocycles. The highest BCUT2D eigenvalue weighted by Crippen LogP contribution is 2.26. The van der Waals surface area contributed by atoms with Crippen molar-refractivity contribution in [3.05, 3.63) is 41.5 Å². The zero-order valence-corrected chi connectivity index (χ0v) is 11.3. The van der Waals surface area contributed by atoms with Crippen LogP contribution in [0, 0.1) is 0 Å². The van der Waals surface area contributed by atoms with E-state index in [4.69, 9.17) is 4.55 Å². The van der Waals surface area contributed by atoms with Crippen molar-refractivity contribution < 1.29 is 13.0 Å². The molecule has 0 aliphatic heterocycles. The molecule has 0 fully saturated rings. The van der Waals surface area contributed by atoms with E-state index in [9.17, 15) is 8.42 Å². The van der Waals surface area contributed by atoms with E-state index in [1.165, 1.54) is 11.6 Å². The first-order valence-electron chi connectivity index (χ1n) is 5.99. The van der Waals surface area contributed by atoms with Crippen LogP contribution in [-0.4, -0.2) is 13.0 Å². The van der Waals surface area contributed by atoms with Crippen molar-refractivity contribution in [3.63, 3.8) is 0 Å². The average Bonchev–Trinajstić information content (AvgIpc) is 2.35. The number of benzene rings is 2. The van der Waals surface area contributed by atoms with E-state index in [1.54, 1.807) is 12.1 Å². The van der Waals surface area contributed by atoms with Gasteiger partial charge < -0.3 is 0 Å². The highest BCUT2D eigenvalue weighted by molar-refractivity contribution is 7.85. The summed E-state index contributed by atoms with van der Waals surface area (Å²) in [5.74, 6) is 0. The lowest BCUT2D eigenvalue weighted by atomic mass is 9.96. The lowest BCUT2D eigenvalue weighted by Gasteiger charge is -2.11. The Balaban J connectivity index is 2.81. The van der Waals surface area contributed by atoms with Crippen molar-refractivity contribution in [2.24, 2.45) is 0 Å². The fourth-order valence-electron chi connectivity index (χ4n) is 2.32. The van der Waals surface area contributed by atoms with Crippen molar-refractivity contribution in [1.82, 2.24) is 0 Å². The van der Waals surface area contributed by atoms with Crippen LogP contribution in [0.5, 0.6) is 0 Å². The van der Waals surface area contributed by atoms with Gasteiger partial charge in [-0.25, -0.2) is 0 Å². The van der Waals surface area contributed by atoms with Gasteiger partial charge in [0, 0.05) is 0 Å². The lowest BCUT2D eigenvalue weighted by Crippen LogP contribution is -1.99. The van der Waals surface area contributed by atoms with E-state index in [0.717, 1.165) is 29.2 Å². The minimum atomic E-state index is -4.14. The molecule has 0 aliphatic rings. The average molecular weight is 264 g/mol.